The summed E-state index contributed by atoms with van der Waals surface area (Å²) in [4.78, 5) is 41.5. The third-order valence-corrected chi connectivity index (χ3v) is 6.80. The Bertz CT molecular complexity index is 1210. The van der Waals surface area contributed by atoms with E-state index >= 15 is 0 Å². The van der Waals surface area contributed by atoms with Crippen molar-refractivity contribution < 1.29 is 19.2 Å². The number of nitro benzene ring substituents is 1. The summed E-state index contributed by atoms with van der Waals surface area (Å²) in [6.07, 6.45) is 0. The van der Waals surface area contributed by atoms with Crippen LogP contribution in [0.2, 0.25) is 5.02 Å². The predicted molar refractivity (Wildman–Crippen MR) is 146 cm³/mol. The number of carbonyl (C=O) groups is 2. The SMILES string of the molecule is CC(=O)N1CCN(c2c(Cl)cccc2NC(=S)NC(=O)c2ccc(N3CCOCC3)c([N+](=O)[O-])c2)CC1. The lowest BCUT2D eigenvalue weighted by atomic mass is 10.1. The smallest absolute Gasteiger partial charge is 0.293 e. The number of ether oxygens (including phenoxy) is 1. The summed E-state index contributed by atoms with van der Waals surface area (Å²) in [5.41, 5.74) is 1.71. The number of thiocarbonyl (C=S) groups is 1. The molecule has 2 aromatic rings. The molecule has 0 unspecified atom stereocenters. The van der Waals surface area contributed by atoms with Gasteiger partial charge in [-0.15, -0.1) is 0 Å². The lowest BCUT2D eigenvalue weighted by molar-refractivity contribution is -0.384. The number of anilines is 3. The Morgan fingerprint density at radius 2 is 1.76 bits per heavy atom. The summed E-state index contributed by atoms with van der Waals surface area (Å²) < 4.78 is 5.32. The Labute approximate surface area is 224 Å². The quantitative estimate of drug-likeness (QED) is 0.331. The van der Waals surface area contributed by atoms with Crippen LogP contribution in [-0.4, -0.2) is 79.2 Å². The lowest BCUT2D eigenvalue weighted by Gasteiger charge is -2.37. The molecule has 37 heavy (non-hydrogen) atoms. The Kier molecular flexibility index (Phi) is 8.41. The van der Waals surface area contributed by atoms with Crippen LogP contribution in [0.3, 0.4) is 0 Å². The molecule has 0 radical (unpaired) electrons. The van der Waals surface area contributed by atoms with Gasteiger partial charge in [0.05, 0.1) is 34.5 Å². The molecular formula is C24H27ClN6O5S. The summed E-state index contributed by atoms with van der Waals surface area (Å²) in [5, 5.41) is 17.9. The molecule has 2 aliphatic rings. The van der Waals surface area contributed by atoms with Crippen LogP contribution in [0.4, 0.5) is 22.7 Å². The molecule has 2 aromatic carbocycles. The van der Waals surface area contributed by atoms with Crippen molar-refractivity contribution in [2.75, 3.05) is 67.6 Å². The molecule has 0 spiro atoms. The highest BCUT2D eigenvalue weighted by molar-refractivity contribution is 7.80. The van der Waals surface area contributed by atoms with Gasteiger partial charge in [0.15, 0.2) is 5.11 Å². The van der Waals surface area contributed by atoms with Crippen molar-refractivity contribution in [1.82, 2.24) is 10.2 Å². The topological polar surface area (TPSA) is 120 Å². The molecule has 0 saturated carbocycles. The molecule has 196 valence electrons. The Balaban J connectivity index is 1.46. The molecule has 2 amide bonds. The number of para-hydroxylation sites is 1. The minimum Gasteiger partial charge on any atom is -0.378 e. The standard InChI is InChI=1S/C24H27ClN6O5S/c1-16(32)28-7-9-30(10-8-28)22-18(25)3-2-4-19(22)26-24(37)27-23(33)17-5-6-20(21(15-17)31(34)35)29-11-13-36-14-12-29/h2-6,15H,7-14H2,1H3,(H2,26,27,33,37). The summed E-state index contributed by atoms with van der Waals surface area (Å²) >= 11 is 11.9. The fourth-order valence-corrected chi connectivity index (χ4v) is 4.89. The molecule has 0 aromatic heterocycles. The molecule has 2 aliphatic heterocycles. The van der Waals surface area contributed by atoms with Crippen LogP contribution in [0.25, 0.3) is 0 Å². The number of piperazine rings is 1. The van der Waals surface area contributed by atoms with Crippen molar-refractivity contribution in [2.45, 2.75) is 6.92 Å². The molecule has 0 bridgehead atoms. The van der Waals surface area contributed by atoms with E-state index in [1.54, 1.807) is 36.1 Å². The summed E-state index contributed by atoms with van der Waals surface area (Å²) in [6, 6.07) is 9.68. The number of nitro groups is 1. The van der Waals surface area contributed by atoms with Crippen LogP contribution in [0.15, 0.2) is 36.4 Å². The highest BCUT2D eigenvalue weighted by Gasteiger charge is 2.25. The van der Waals surface area contributed by atoms with Crippen LogP contribution >= 0.6 is 23.8 Å². The second-order valence-electron chi connectivity index (χ2n) is 8.60. The Hall–Kier alpha value is -3.48. The van der Waals surface area contributed by atoms with Crippen molar-refractivity contribution in [2.24, 2.45) is 0 Å². The van der Waals surface area contributed by atoms with Crippen molar-refractivity contribution in [3.05, 3.63) is 57.1 Å². The van der Waals surface area contributed by atoms with Gasteiger partial charge in [-0.25, -0.2) is 0 Å². The molecule has 13 heteroatoms. The maximum atomic E-state index is 12.9. The van der Waals surface area contributed by atoms with Crippen molar-refractivity contribution >= 4 is 63.5 Å². The normalized spacial score (nSPS) is 15.8. The Morgan fingerprint density at radius 3 is 2.41 bits per heavy atom. The lowest BCUT2D eigenvalue weighted by Crippen LogP contribution is -2.48. The van der Waals surface area contributed by atoms with Crippen molar-refractivity contribution in [1.29, 1.82) is 0 Å². The monoisotopic (exact) mass is 546 g/mol. The van der Waals surface area contributed by atoms with Gasteiger partial charge in [-0.1, -0.05) is 17.7 Å². The number of morpholine rings is 1. The van der Waals surface area contributed by atoms with Crippen LogP contribution in [0.1, 0.15) is 17.3 Å². The minimum atomic E-state index is -0.576. The molecule has 0 aliphatic carbocycles. The molecule has 2 heterocycles. The van der Waals surface area contributed by atoms with Gasteiger partial charge in [0.25, 0.3) is 11.6 Å². The second-order valence-corrected chi connectivity index (χ2v) is 9.41. The second kappa shape index (κ2) is 11.7. The number of hydrogen-bond donors (Lipinski definition) is 2. The molecule has 0 atom stereocenters. The van der Waals surface area contributed by atoms with Gasteiger partial charge in [-0.2, -0.15) is 0 Å². The van der Waals surface area contributed by atoms with E-state index in [2.05, 4.69) is 15.5 Å². The average Bonchev–Trinajstić information content (AvgIpc) is 2.89. The zero-order valence-corrected chi connectivity index (χ0v) is 21.8. The zero-order valence-electron chi connectivity index (χ0n) is 20.2. The summed E-state index contributed by atoms with van der Waals surface area (Å²) in [6.45, 7) is 5.91. The number of benzene rings is 2. The van der Waals surface area contributed by atoms with Gasteiger partial charge >= 0.3 is 0 Å². The summed E-state index contributed by atoms with van der Waals surface area (Å²) in [7, 11) is 0. The first-order chi connectivity index (χ1) is 17.7. The molecule has 4 rings (SSSR count). The van der Waals surface area contributed by atoms with E-state index in [0.717, 1.165) is 5.69 Å². The van der Waals surface area contributed by atoms with Crippen LogP contribution < -0.4 is 20.4 Å². The third-order valence-electron chi connectivity index (χ3n) is 6.29. The van der Waals surface area contributed by atoms with Crippen molar-refractivity contribution in [3.8, 4) is 0 Å². The number of carbonyl (C=O) groups excluding carboxylic acids is 2. The van der Waals surface area contributed by atoms with Crippen molar-refractivity contribution in [3.63, 3.8) is 0 Å². The van der Waals surface area contributed by atoms with Gasteiger partial charge in [0.2, 0.25) is 5.91 Å². The van der Waals surface area contributed by atoms with E-state index in [0.29, 0.717) is 68.9 Å². The average molecular weight is 547 g/mol. The number of nitrogens with one attached hydrogen (secondary N) is 2. The Morgan fingerprint density at radius 1 is 1.05 bits per heavy atom. The summed E-state index contributed by atoms with van der Waals surface area (Å²) in [5.74, 6) is -0.549. The maximum absolute atomic E-state index is 12.9. The molecule has 11 nitrogen and oxygen atoms in total. The number of halogens is 1. The fraction of sp³-hybridized carbons (Fsp3) is 0.375. The van der Waals surface area contributed by atoms with Gasteiger partial charge < -0.3 is 24.8 Å². The van der Waals surface area contributed by atoms with E-state index in [1.165, 1.54) is 12.1 Å². The first-order valence-electron chi connectivity index (χ1n) is 11.8. The number of amides is 2. The van der Waals surface area contributed by atoms with Crippen LogP contribution in [0.5, 0.6) is 0 Å². The van der Waals surface area contributed by atoms with E-state index in [4.69, 9.17) is 28.6 Å². The van der Waals surface area contributed by atoms with Crippen LogP contribution in [0, 0.1) is 10.1 Å². The van der Waals surface area contributed by atoms with Gasteiger partial charge in [0.1, 0.15) is 5.69 Å². The third kappa shape index (κ3) is 6.27. The molecule has 2 fully saturated rings. The molecular weight excluding hydrogens is 520 g/mol. The highest BCUT2D eigenvalue weighted by Crippen LogP contribution is 2.35. The largest absolute Gasteiger partial charge is 0.378 e. The van der Waals surface area contributed by atoms with E-state index in [9.17, 15) is 19.7 Å². The first-order valence-corrected chi connectivity index (χ1v) is 12.6. The van der Waals surface area contributed by atoms with Crippen LogP contribution in [-0.2, 0) is 9.53 Å². The number of rotatable bonds is 5. The maximum Gasteiger partial charge on any atom is 0.293 e. The number of hydrogen-bond acceptors (Lipinski definition) is 8. The number of nitrogens with zero attached hydrogens (tertiary/aromatic N) is 4. The van der Waals surface area contributed by atoms with Gasteiger partial charge in [-0.05, 0) is 36.5 Å². The highest BCUT2D eigenvalue weighted by atomic mass is 35.5. The van der Waals surface area contributed by atoms with E-state index < -0.39 is 10.8 Å². The zero-order chi connectivity index (χ0) is 26.5. The molecule has 2 N–H and O–H groups in total. The fourth-order valence-electron chi connectivity index (χ4n) is 4.39. The molecule has 2 saturated heterocycles. The van der Waals surface area contributed by atoms with E-state index in [-0.39, 0.29) is 22.3 Å². The van der Waals surface area contributed by atoms with Gasteiger partial charge in [-0.3, -0.25) is 25.0 Å². The first kappa shape index (κ1) is 26.6. The predicted octanol–water partition coefficient (Wildman–Crippen LogP) is 2.88. The van der Waals surface area contributed by atoms with E-state index in [1.807, 2.05) is 4.90 Å². The minimum absolute atomic E-state index is 0.0239. The van der Waals surface area contributed by atoms with Gasteiger partial charge in [0, 0.05) is 57.8 Å².